The lowest BCUT2D eigenvalue weighted by Gasteiger charge is -2.40. The summed E-state index contributed by atoms with van der Waals surface area (Å²) in [5, 5.41) is 0. The van der Waals surface area contributed by atoms with Gasteiger partial charge >= 0.3 is 0 Å². The molecule has 6 nitrogen and oxygen atoms in total. The predicted molar refractivity (Wildman–Crippen MR) is 247 cm³/mol. The van der Waals surface area contributed by atoms with Crippen LogP contribution < -0.4 is 9.80 Å². The molecule has 2 saturated heterocycles. The summed E-state index contributed by atoms with van der Waals surface area (Å²) < 4.78 is 23.1. The molecule has 6 heteroatoms. The molecule has 2 heterocycles. The summed E-state index contributed by atoms with van der Waals surface area (Å²) in [5.41, 5.74) is 14.5. The minimum atomic E-state index is 0.217. The highest BCUT2D eigenvalue weighted by molar-refractivity contribution is 5.81. The minimum Gasteiger partial charge on any atom is -0.380 e. The zero-order valence-corrected chi connectivity index (χ0v) is 35.9. The Morgan fingerprint density at radius 3 is 0.967 bits per heavy atom. The van der Waals surface area contributed by atoms with Gasteiger partial charge in [0.2, 0.25) is 0 Å². The van der Waals surface area contributed by atoms with Gasteiger partial charge in [0, 0.05) is 45.0 Å². The standard InChI is InChI=1S/C54H60N2O4/c1-5-53(37-59-38-53)35-57-33-31-43-11-23-49(24-12-43)55(47-19-7-41(3)8-20-47)51-27-15-45(16-28-51)46-17-29-52(30-18-46)56(48-21-9-42(4)10-22-48)50-25-13-44(14-26-50)32-34-58-36-54(6-2)39-60-40-54/h7-30H,5-6,31-40H2,1-4H3. The van der Waals surface area contributed by atoms with Crippen molar-refractivity contribution < 1.29 is 18.9 Å². The van der Waals surface area contributed by atoms with Crippen LogP contribution >= 0.6 is 0 Å². The van der Waals surface area contributed by atoms with E-state index in [-0.39, 0.29) is 10.8 Å². The van der Waals surface area contributed by atoms with Crippen molar-refractivity contribution in [1.29, 1.82) is 0 Å². The first-order valence-electron chi connectivity index (χ1n) is 21.8. The first kappa shape index (κ1) is 41.5. The Balaban J connectivity index is 0.963. The van der Waals surface area contributed by atoms with Gasteiger partial charge in [-0.1, -0.05) is 97.8 Å². The zero-order chi connectivity index (χ0) is 41.4. The molecule has 2 aliphatic rings. The van der Waals surface area contributed by atoms with E-state index in [0.717, 1.165) is 113 Å². The van der Waals surface area contributed by atoms with E-state index >= 15 is 0 Å². The number of nitrogens with zero attached hydrogens (tertiary/aromatic N) is 2. The molecule has 6 aromatic carbocycles. The molecule has 60 heavy (non-hydrogen) atoms. The number of hydrogen-bond acceptors (Lipinski definition) is 6. The molecule has 2 fully saturated rings. The molecule has 0 saturated carbocycles. The SMILES string of the molecule is CCC1(COCCc2ccc(N(c3ccc(C)cc3)c3ccc(-c4ccc(N(c5ccc(C)cc5)c5ccc(CCOCC6(CC)COC6)cc5)cc4)cc3)cc2)COC1. The van der Waals surface area contributed by atoms with Crippen molar-refractivity contribution in [3.63, 3.8) is 0 Å². The molecular weight excluding hydrogens is 741 g/mol. The third-order valence-corrected chi connectivity index (χ3v) is 12.6. The second kappa shape index (κ2) is 19.0. The van der Waals surface area contributed by atoms with E-state index in [9.17, 15) is 0 Å². The summed E-state index contributed by atoms with van der Waals surface area (Å²) in [7, 11) is 0. The largest absolute Gasteiger partial charge is 0.380 e. The second-order valence-electron chi connectivity index (χ2n) is 17.1. The molecule has 6 aromatic rings. The van der Waals surface area contributed by atoms with E-state index < -0.39 is 0 Å². The fraction of sp³-hybridized carbons (Fsp3) is 0.333. The van der Waals surface area contributed by atoms with Gasteiger partial charge in [-0.15, -0.1) is 0 Å². The van der Waals surface area contributed by atoms with E-state index in [1.165, 1.54) is 33.4 Å². The first-order valence-corrected chi connectivity index (χ1v) is 21.8. The van der Waals surface area contributed by atoms with Crippen LogP contribution in [0, 0.1) is 24.7 Å². The van der Waals surface area contributed by atoms with Gasteiger partial charge in [0.1, 0.15) is 0 Å². The zero-order valence-electron chi connectivity index (χ0n) is 35.9. The summed E-state index contributed by atoms with van der Waals surface area (Å²) in [5.74, 6) is 0. The molecule has 0 N–H and O–H groups in total. The molecule has 0 amide bonds. The Morgan fingerprint density at radius 2 is 0.700 bits per heavy atom. The first-order chi connectivity index (χ1) is 29.3. The lowest BCUT2D eigenvalue weighted by molar-refractivity contribution is -0.149. The Bertz CT molecular complexity index is 2070. The molecule has 2 aliphatic heterocycles. The van der Waals surface area contributed by atoms with Gasteiger partial charge in [0.05, 0.1) is 52.9 Å². The van der Waals surface area contributed by atoms with Crippen molar-refractivity contribution in [2.75, 3.05) is 62.7 Å². The van der Waals surface area contributed by atoms with Crippen molar-refractivity contribution in [2.24, 2.45) is 10.8 Å². The van der Waals surface area contributed by atoms with Crippen LogP contribution in [0.2, 0.25) is 0 Å². The number of hydrogen-bond donors (Lipinski definition) is 0. The van der Waals surface area contributed by atoms with Crippen LogP contribution in [0.5, 0.6) is 0 Å². The number of ether oxygens (including phenoxy) is 4. The van der Waals surface area contributed by atoms with Crippen LogP contribution in [0.25, 0.3) is 11.1 Å². The maximum atomic E-state index is 6.11. The molecule has 0 radical (unpaired) electrons. The number of benzene rings is 6. The van der Waals surface area contributed by atoms with E-state index in [2.05, 4.69) is 183 Å². The second-order valence-corrected chi connectivity index (χ2v) is 17.1. The predicted octanol–water partition coefficient (Wildman–Crippen LogP) is 12.9. The highest BCUT2D eigenvalue weighted by Crippen LogP contribution is 2.39. The maximum Gasteiger partial charge on any atom is 0.0566 e. The average Bonchev–Trinajstić information content (AvgIpc) is 3.26. The van der Waals surface area contributed by atoms with Gasteiger partial charge in [-0.05, 0) is 135 Å². The van der Waals surface area contributed by atoms with Gasteiger partial charge in [-0.3, -0.25) is 0 Å². The number of anilines is 6. The van der Waals surface area contributed by atoms with E-state index in [0.29, 0.717) is 0 Å². The van der Waals surface area contributed by atoms with E-state index in [1.807, 2.05) is 0 Å². The number of aryl methyl sites for hydroxylation is 2. The smallest absolute Gasteiger partial charge is 0.0566 e. The summed E-state index contributed by atoms with van der Waals surface area (Å²) in [6.45, 7) is 15.0. The van der Waals surface area contributed by atoms with Crippen molar-refractivity contribution in [3.05, 3.63) is 168 Å². The summed E-state index contributed by atoms with van der Waals surface area (Å²) >= 11 is 0. The Labute approximate surface area is 357 Å². The molecule has 0 atom stereocenters. The monoisotopic (exact) mass is 800 g/mol. The van der Waals surface area contributed by atoms with Crippen molar-refractivity contribution in [3.8, 4) is 11.1 Å². The van der Waals surface area contributed by atoms with Crippen LogP contribution in [-0.4, -0.2) is 52.9 Å². The highest BCUT2D eigenvalue weighted by atomic mass is 16.5. The normalized spacial score (nSPS) is 15.2. The van der Waals surface area contributed by atoms with E-state index in [1.54, 1.807) is 0 Å². The lowest BCUT2D eigenvalue weighted by atomic mass is 9.84. The molecule has 8 rings (SSSR count). The minimum absolute atomic E-state index is 0.217. The summed E-state index contributed by atoms with van der Waals surface area (Å²) in [6, 6.07) is 53.2. The molecule has 0 aliphatic carbocycles. The Hall–Kier alpha value is -5.24. The van der Waals surface area contributed by atoms with Crippen LogP contribution in [0.4, 0.5) is 34.1 Å². The van der Waals surface area contributed by atoms with Gasteiger partial charge in [-0.2, -0.15) is 0 Å². The topological polar surface area (TPSA) is 43.4 Å². The van der Waals surface area contributed by atoms with Crippen LogP contribution in [0.3, 0.4) is 0 Å². The van der Waals surface area contributed by atoms with Gasteiger partial charge in [0.15, 0.2) is 0 Å². The van der Waals surface area contributed by atoms with Crippen molar-refractivity contribution in [1.82, 2.24) is 0 Å². The van der Waals surface area contributed by atoms with Crippen molar-refractivity contribution >= 4 is 34.1 Å². The fourth-order valence-electron chi connectivity index (χ4n) is 8.03. The highest BCUT2D eigenvalue weighted by Gasteiger charge is 2.37. The number of rotatable bonds is 19. The van der Waals surface area contributed by atoms with Crippen LogP contribution in [0.15, 0.2) is 146 Å². The molecule has 310 valence electrons. The average molecular weight is 801 g/mol. The Morgan fingerprint density at radius 1 is 0.417 bits per heavy atom. The molecule has 0 bridgehead atoms. The van der Waals surface area contributed by atoms with Gasteiger partial charge in [0.25, 0.3) is 0 Å². The molecule has 0 aromatic heterocycles. The summed E-state index contributed by atoms with van der Waals surface area (Å²) in [6.07, 6.45) is 3.98. The van der Waals surface area contributed by atoms with Crippen LogP contribution in [-0.2, 0) is 31.8 Å². The van der Waals surface area contributed by atoms with Gasteiger partial charge in [-0.25, -0.2) is 0 Å². The quantitative estimate of drug-likeness (QED) is 0.0760. The van der Waals surface area contributed by atoms with Gasteiger partial charge < -0.3 is 28.7 Å². The third kappa shape index (κ3) is 9.69. The fourth-order valence-corrected chi connectivity index (χ4v) is 8.03. The molecule has 0 unspecified atom stereocenters. The summed E-state index contributed by atoms with van der Waals surface area (Å²) in [4.78, 5) is 4.66. The third-order valence-electron chi connectivity index (χ3n) is 12.6. The Kier molecular flexibility index (Phi) is 13.1. The molecule has 0 spiro atoms. The molecular formula is C54H60N2O4. The maximum absolute atomic E-state index is 6.11. The van der Waals surface area contributed by atoms with Crippen LogP contribution in [0.1, 0.15) is 48.9 Å². The van der Waals surface area contributed by atoms with Crippen molar-refractivity contribution in [2.45, 2.75) is 53.4 Å². The lowest BCUT2D eigenvalue weighted by Crippen LogP contribution is -2.45. The van der Waals surface area contributed by atoms with E-state index in [4.69, 9.17) is 18.9 Å².